The molecule has 0 radical (unpaired) electrons. The van der Waals surface area contributed by atoms with Crippen molar-refractivity contribution in [3.05, 3.63) is 0 Å². The molecule has 1 fully saturated rings. The molecule has 2 N–H and O–H groups in total. The SMILES string of the molecule is CC(C)(C)C1N(C(=O)O)CCNC1(C)C. The number of rotatable bonds is 0. The van der Waals surface area contributed by atoms with Crippen LogP contribution < -0.4 is 5.32 Å². The highest BCUT2D eigenvalue weighted by Crippen LogP contribution is 2.34. The van der Waals surface area contributed by atoms with Gasteiger partial charge in [0.2, 0.25) is 0 Å². The summed E-state index contributed by atoms with van der Waals surface area (Å²) in [5, 5.41) is 12.6. The smallest absolute Gasteiger partial charge is 0.407 e. The Morgan fingerprint density at radius 3 is 2.33 bits per heavy atom. The second kappa shape index (κ2) is 3.67. The highest BCUT2D eigenvalue weighted by atomic mass is 16.4. The van der Waals surface area contributed by atoms with E-state index in [1.54, 1.807) is 4.90 Å². The van der Waals surface area contributed by atoms with Crippen LogP contribution in [0.2, 0.25) is 0 Å². The van der Waals surface area contributed by atoms with Crippen LogP contribution in [0, 0.1) is 5.41 Å². The van der Waals surface area contributed by atoms with E-state index in [-0.39, 0.29) is 17.0 Å². The van der Waals surface area contributed by atoms with Crippen LogP contribution in [-0.2, 0) is 0 Å². The predicted octanol–water partition coefficient (Wildman–Crippen LogP) is 1.76. The summed E-state index contributed by atoms with van der Waals surface area (Å²) >= 11 is 0. The largest absolute Gasteiger partial charge is 0.465 e. The summed E-state index contributed by atoms with van der Waals surface area (Å²) in [7, 11) is 0. The minimum Gasteiger partial charge on any atom is -0.465 e. The number of hydrogen-bond donors (Lipinski definition) is 2. The van der Waals surface area contributed by atoms with Crippen molar-refractivity contribution in [2.45, 2.75) is 46.2 Å². The molecular weight excluding hydrogens is 192 g/mol. The maximum atomic E-state index is 11.2. The lowest BCUT2D eigenvalue weighted by Gasteiger charge is -2.51. The van der Waals surface area contributed by atoms with Crippen molar-refractivity contribution in [1.29, 1.82) is 0 Å². The van der Waals surface area contributed by atoms with Gasteiger partial charge in [-0.15, -0.1) is 0 Å². The average molecular weight is 214 g/mol. The molecule has 1 aliphatic heterocycles. The number of nitrogens with zero attached hydrogens (tertiary/aromatic N) is 1. The van der Waals surface area contributed by atoms with E-state index < -0.39 is 6.09 Å². The van der Waals surface area contributed by atoms with Gasteiger partial charge in [-0.3, -0.25) is 0 Å². The summed E-state index contributed by atoms with van der Waals surface area (Å²) in [4.78, 5) is 12.8. The minimum atomic E-state index is -0.815. The summed E-state index contributed by atoms with van der Waals surface area (Å²) in [5.41, 5.74) is -0.232. The van der Waals surface area contributed by atoms with Crippen molar-refractivity contribution in [1.82, 2.24) is 10.2 Å². The molecule has 1 aliphatic rings. The van der Waals surface area contributed by atoms with Crippen LogP contribution in [0.3, 0.4) is 0 Å². The van der Waals surface area contributed by atoms with Crippen LogP contribution in [0.4, 0.5) is 4.79 Å². The van der Waals surface area contributed by atoms with Crippen molar-refractivity contribution in [3.63, 3.8) is 0 Å². The van der Waals surface area contributed by atoms with Crippen molar-refractivity contribution in [2.24, 2.45) is 5.41 Å². The first-order chi connectivity index (χ1) is 6.66. The summed E-state index contributed by atoms with van der Waals surface area (Å²) in [6.45, 7) is 11.7. The molecule has 0 saturated carbocycles. The molecule has 1 unspecified atom stereocenters. The lowest BCUT2D eigenvalue weighted by atomic mass is 9.74. The van der Waals surface area contributed by atoms with Gasteiger partial charge in [0.25, 0.3) is 0 Å². The monoisotopic (exact) mass is 214 g/mol. The van der Waals surface area contributed by atoms with Crippen LogP contribution >= 0.6 is 0 Å². The number of nitrogens with one attached hydrogen (secondary N) is 1. The molecule has 1 amide bonds. The highest BCUT2D eigenvalue weighted by molar-refractivity contribution is 5.66. The Morgan fingerprint density at radius 2 is 2.00 bits per heavy atom. The summed E-state index contributed by atoms with van der Waals surface area (Å²) in [6.07, 6.45) is -0.815. The number of piperazine rings is 1. The van der Waals surface area contributed by atoms with Crippen molar-refractivity contribution >= 4 is 6.09 Å². The zero-order valence-corrected chi connectivity index (χ0v) is 10.3. The Morgan fingerprint density at radius 1 is 1.47 bits per heavy atom. The van der Waals surface area contributed by atoms with Crippen molar-refractivity contribution < 1.29 is 9.90 Å². The molecule has 88 valence electrons. The van der Waals surface area contributed by atoms with Gasteiger partial charge in [0, 0.05) is 18.6 Å². The molecule has 0 spiro atoms. The van der Waals surface area contributed by atoms with E-state index in [9.17, 15) is 9.90 Å². The van der Waals surface area contributed by atoms with Gasteiger partial charge in [0.05, 0.1) is 6.04 Å². The molecule has 0 aromatic rings. The van der Waals surface area contributed by atoms with Crippen LogP contribution in [-0.4, -0.2) is 40.8 Å². The van der Waals surface area contributed by atoms with Gasteiger partial charge in [-0.05, 0) is 19.3 Å². The molecule has 0 bridgehead atoms. The van der Waals surface area contributed by atoms with E-state index in [0.29, 0.717) is 6.54 Å². The van der Waals surface area contributed by atoms with Gasteiger partial charge in [0.15, 0.2) is 0 Å². The van der Waals surface area contributed by atoms with Gasteiger partial charge in [-0.2, -0.15) is 0 Å². The number of carbonyl (C=O) groups is 1. The highest BCUT2D eigenvalue weighted by Gasteiger charge is 2.46. The second-order valence-corrected chi connectivity index (χ2v) is 5.89. The molecular formula is C11H22N2O2. The number of amides is 1. The first kappa shape index (κ1) is 12.3. The summed E-state index contributed by atoms with van der Waals surface area (Å²) in [5.74, 6) is 0. The molecule has 0 aromatic carbocycles. The zero-order valence-electron chi connectivity index (χ0n) is 10.3. The number of hydrogen-bond acceptors (Lipinski definition) is 2. The fourth-order valence-corrected chi connectivity index (χ4v) is 2.87. The van der Waals surface area contributed by atoms with E-state index in [0.717, 1.165) is 6.54 Å². The second-order valence-electron chi connectivity index (χ2n) is 5.89. The lowest BCUT2D eigenvalue weighted by Crippen LogP contribution is -2.68. The minimum absolute atomic E-state index is 0.00347. The molecule has 4 nitrogen and oxygen atoms in total. The first-order valence-corrected chi connectivity index (χ1v) is 5.41. The van der Waals surface area contributed by atoms with Crippen LogP contribution in [0.15, 0.2) is 0 Å². The topological polar surface area (TPSA) is 52.6 Å². The van der Waals surface area contributed by atoms with E-state index >= 15 is 0 Å². The van der Waals surface area contributed by atoms with Gasteiger partial charge in [0.1, 0.15) is 0 Å². The molecule has 15 heavy (non-hydrogen) atoms. The Labute approximate surface area is 91.6 Å². The standard InChI is InChI=1S/C11H22N2O2/c1-10(2,3)8-11(4,5)12-6-7-13(8)9(14)15/h8,12H,6-7H2,1-5H3,(H,14,15). The molecule has 1 atom stereocenters. The van der Waals surface area contributed by atoms with Gasteiger partial charge in [-0.25, -0.2) is 4.79 Å². The normalized spacial score (nSPS) is 26.5. The summed E-state index contributed by atoms with van der Waals surface area (Å²) in [6, 6.07) is -0.00347. The Bertz CT molecular complexity index is 256. The Balaban J connectivity index is 3.03. The number of carboxylic acid groups (broad SMARTS) is 1. The van der Waals surface area contributed by atoms with Gasteiger partial charge >= 0.3 is 6.09 Å². The molecule has 0 aromatic heterocycles. The van der Waals surface area contributed by atoms with E-state index in [1.807, 2.05) is 0 Å². The lowest BCUT2D eigenvalue weighted by molar-refractivity contribution is 0.0113. The third-order valence-corrected chi connectivity index (χ3v) is 2.99. The molecule has 4 heteroatoms. The average Bonchev–Trinajstić information content (AvgIpc) is 1.98. The third-order valence-electron chi connectivity index (χ3n) is 2.99. The first-order valence-electron chi connectivity index (χ1n) is 5.41. The van der Waals surface area contributed by atoms with E-state index in [1.165, 1.54) is 0 Å². The fraction of sp³-hybridized carbons (Fsp3) is 0.909. The van der Waals surface area contributed by atoms with E-state index in [4.69, 9.17) is 0 Å². The van der Waals surface area contributed by atoms with Crippen LogP contribution in [0.1, 0.15) is 34.6 Å². The van der Waals surface area contributed by atoms with Crippen molar-refractivity contribution in [2.75, 3.05) is 13.1 Å². The maximum Gasteiger partial charge on any atom is 0.407 e. The Hall–Kier alpha value is -0.770. The van der Waals surface area contributed by atoms with Gasteiger partial charge < -0.3 is 15.3 Å². The molecule has 1 heterocycles. The van der Waals surface area contributed by atoms with Crippen LogP contribution in [0.5, 0.6) is 0 Å². The fourth-order valence-electron chi connectivity index (χ4n) is 2.87. The van der Waals surface area contributed by atoms with Crippen LogP contribution in [0.25, 0.3) is 0 Å². The van der Waals surface area contributed by atoms with Crippen molar-refractivity contribution in [3.8, 4) is 0 Å². The quantitative estimate of drug-likeness (QED) is 0.646. The summed E-state index contributed by atoms with van der Waals surface area (Å²) < 4.78 is 0. The maximum absolute atomic E-state index is 11.2. The molecule has 1 saturated heterocycles. The van der Waals surface area contributed by atoms with Gasteiger partial charge in [-0.1, -0.05) is 20.8 Å². The molecule has 1 rings (SSSR count). The molecule has 0 aliphatic carbocycles. The Kier molecular flexibility index (Phi) is 3.01. The zero-order chi connectivity index (χ0) is 11.9. The van der Waals surface area contributed by atoms with E-state index in [2.05, 4.69) is 39.9 Å². The predicted molar refractivity (Wildman–Crippen MR) is 60.1 cm³/mol. The third kappa shape index (κ3) is 2.43.